The van der Waals surface area contributed by atoms with Crippen LogP contribution in [-0.2, 0) is 12.8 Å². The van der Waals surface area contributed by atoms with E-state index >= 15 is 0 Å². The number of hydrogen-bond donors (Lipinski definition) is 1. The number of hydrogen-bond acceptors (Lipinski definition) is 1. The molecule has 2 N–H and O–H groups in total. The lowest BCUT2D eigenvalue weighted by molar-refractivity contribution is 0.357. The largest absolute Gasteiger partial charge is 0.327 e. The average molecular weight is 203 g/mol. The molecule has 0 aliphatic heterocycles. The lowest BCUT2D eigenvalue weighted by atomic mass is 9.79. The van der Waals surface area contributed by atoms with Gasteiger partial charge in [-0.1, -0.05) is 37.6 Å². The number of benzene rings is 1. The Morgan fingerprint density at radius 3 is 2.80 bits per heavy atom. The number of nitrogens with two attached hydrogens (primary N) is 1. The first-order chi connectivity index (χ1) is 7.31. The van der Waals surface area contributed by atoms with Crippen LogP contribution in [0.2, 0.25) is 0 Å². The molecule has 2 atom stereocenters. The highest BCUT2D eigenvalue weighted by Gasteiger charge is 2.22. The normalized spacial score (nSPS) is 22.1. The fourth-order valence-electron chi connectivity index (χ4n) is 2.66. The summed E-state index contributed by atoms with van der Waals surface area (Å²) in [5.74, 6) is 0.708. The second kappa shape index (κ2) is 4.80. The first kappa shape index (κ1) is 10.7. The summed E-state index contributed by atoms with van der Waals surface area (Å²) in [6.07, 6.45) is 6.07. The van der Waals surface area contributed by atoms with Crippen molar-refractivity contribution in [1.82, 2.24) is 0 Å². The predicted molar refractivity (Wildman–Crippen MR) is 64.8 cm³/mol. The van der Waals surface area contributed by atoms with Gasteiger partial charge < -0.3 is 5.73 Å². The predicted octanol–water partition coefficient (Wildman–Crippen LogP) is 2.92. The van der Waals surface area contributed by atoms with Gasteiger partial charge in [0.05, 0.1) is 0 Å². The molecule has 1 unspecified atom stereocenters. The van der Waals surface area contributed by atoms with Crippen molar-refractivity contribution in [2.24, 2.45) is 11.7 Å². The van der Waals surface area contributed by atoms with Gasteiger partial charge in [0.1, 0.15) is 0 Å². The third-order valence-corrected chi connectivity index (χ3v) is 3.61. The van der Waals surface area contributed by atoms with Gasteiger partial charge in [-0.05, 0) is 42.7 Å². The van der Waals surface area contributed by atoms with Crippen LogP contribution in [-0.4, -0.2) is 6.04 Å². The van der Waals surface area contributed by atoms with E-state index in [1.54, 1.807) is 0 Å². The maximum atomic E-state index is 6.22. The van der Waals surface area contributed by atoms with Crippen LogP contribution in [0.25, 0.3) is 0 Å². The van der Waals surface area contributed by atoms with Gasteiger partial charge in [0, 0.05) is 6.04 Å². The van der Waals surface area contributed by atoms with Gasteiger partial charge in [-0.2, -0.15) is 0 Å². The molecule has 2 rings (SSSR count). The average Bonchev–Trinajstić information content (AvgIpc) is 2.29. The van der Waals surface area contributed by atoms with E-state index in [0.717, 1.165) is 0 Å². The first-order valence-electron chi connectivity index (χ1n) is 6.13. The molecule has 15 heavy (non-hydrogen) atoms. The fraction of sp³-hybridized carbons (Fsp3) is 0.571. The van der Waals surface area contributed by atoms with Gasteiger partial charge in [0.15, 0.2) is 0 Å². The van der Waals surface area contributed by atoms with Crippen LogP contribution in [0.3, 0.4) is 0 Å². The molecule has 1 aliphatic carbocycles. The smallest absolute Gasteiger partial charge is 0.00703 e. The molecule has 0 bridgehead atoms. The molecule has 1 aromatic rings. The molecule has 0 heterocycles. The first-order valence-corrected chi connectivity index (χ1v) is 6.13. The second-order valence-corrected chi connectivity index (χ2v) is 4.72. The van der Waals surface area contributed by atoms with E-state index < -0.39 is 0 Å². The Balaban J connectivity index is 2.05. The van der Waals surface area contributed by atoms with Crippen molar-refractivity contribution in [2.45, 2.75) is 45.1 Å². The molecule has 0 saturated carbocycles. The lowest BCUT2D eigenvalue weighted by Gasteiger charge is -2.29. The van der Waals surface area contributed by atoms with Gasteiger partial charge >= 0.3 is 0 Å². The lowest BCUT2D eigenvalue weighted by Crippen LogP contribution is -2.33. The van der Waals surface area contributed by atoms with Gasteiger partial charge in [-0.15, -0.1) is 0 Å². The summed E-state index contributed by atoms with van der Waals surface area (Å²) in [6.45, 7) is 2.22. The van der Waals surface area contributed by atoms with Crippen molar-refractivity contribution in [2.75, 3.05) is 0 Å². The van der Waals surface area contributed by atoms with Crippen molar-refractivity contribution in [3.63, 3.8) is 0 Å². The molecule has 0 radical (unpaired) electrons. The van der Waals surface area contributed by atoms with Crippen LogP contribution in [0.15, 0.2) is 24.3 Å². The zero-order chi connectivity index (χ0) is 10.7. The minimum atomic E-state index is 0.406. The molecular formula is C14H21N. The maximum Gasteiger partial charge on any atom is 0.00703 e. The minimum absolute atomic E-state index is 0.406. The van der Waals surface area contributed by atoms with Crippen LogP contribution >= 0.6 is 0 Å². The third kappa shape index (κ3) is 2.40. The Bertz CT molecular complexity index is 319. The van der Waals surface area contributed by atoms with E-state index in [9.17, 15) is 0 Å². The van der Waals surface area contributed by atoms with Crippen molar-refractivity contribution in [3.05, 3.63) is 35.4 Å². The van der Waals surface area contributed by atoms with Gasteiger partial charge in [-0.25, -0.2) is 0 Å². The molecular weight excluding hydrogens is 182 g/mol. The molecule has 0 amide bonds. The Hall–Kier alpha value is -0.820. The van der Waals surface area contributed by atoms with Gasteiger partial charge in [-0.3, -0.25) is 0 Å². The van der Waals surface area contributed by atoms with Crippen molar-refractivity contribution in [1.29, 1.82) is 0 Å². The van der Waals surface area contributed by atoms with E-state index in [1.165, 1.54) is 43.2 Å². The molecule has 82 valence electrons. The molecule has 0 fully saturated rings. The zero-order valence-electron chi connectivity index (χ0n) is 9.58. The van der Waals surface area contributed by atoms with Gasteiger partial charge in [0.25, 0.3) is 0 Å². The molecule has 0 spiro atoms. The molecule has 0 aromatic heterocycles. The topological polar surface area (TPSA) is 26.0 Å². The van der Waals surface area contributed by atoms with Crippen LogP contribution in [0.5, 0.6) is 0 Å². The van der Waals surface area contributed by atoms with Crippen LogP contribution in [0.1, 0.15) is 37.3 Å². The van der Waals surface area contributed by atoms with Crippen molar-refractivity contribution >= 4 is 0 Å². The highest BCUT2D eigenvalue weighted by Crippen LogP contribution is 2.27. The van der Waals surface area contributed by atoms with Crippen molar-refractivity contribution < 1.29 is 0 Å². The molecule has 0 saturated heterocycles. The maximum absolute atomic E-state index is 6.22. The Morgan fingerprint density at radius 2 is 2.07 bits per heavy atom. The Labute approximate surface area is 92.7 Å². The zero-order valence-corrected chi connectivity index (χ0v) is 9.58. The van der Waals surface area contributed by atoms with Crippen LogP contribution in [0, 0.1) is 5.92 Å². The molecule has 1 aliphatic rings. The molecule has 1 nitrogen and oxygen atoms in total. The summed E-state index contributed by atoms with van der Waals surface area (Å²) in [5, 5.41) is 0. The van der Waals surface area contributed by atoms with E-state index in [2.05, 4.69) is 31.2 Å². The molecule has 1 aromatic carbocycles. The minimum Gasteiger partial charge on any atom is -0.327 e. The van der Waals surface area contributed by atoms with E-state index in [0.29, 0.717) is 12.0 Å². The number of aryl methyl sites for hydroxylation is 1. The van der Waals surface area contributed by atoms with E-state index in [-0.39, 0.29) is 0 Å². The number of rotatable bonds is 3. The second-order valence-electron chi connectivity index (χ2n) is 4.72. The highest BCUT2D eigenvalue weighted by atomic mass is 14.6. The van der Waals surface area contributed by atoms with E-state index in [4.69, 9.17) is 5.73 Å². The standard InChI is InChI=1S/C14H21N/c1-2-5-14(15)13-9-8-11-6-3-4-7-12(11)10-13/h3-4,6-7,13-14H,2,5,8-10,15H2,1H3/t13?,14-/m1/s1. The summed E-state index contributed by atoms with van der Waals surface area (Å²) in [5.41, 5.74) is 9.28. The fourth-order valence-corrected chi connectivity index (χ4v) is 2.66. The monoisotopic (exact) mass is 203 g/mol. The summed E-state index contributed by atoms with van der Waals surface area (Å²) in [6, 6.07) is 9.22. The SMILES string of the molecule is CCC[C@@H](N)C1CCc2ccccc2C1. The van der Waals surface area contributed by atoms with Crippen LogP contribution < -0.4 is 5.73 Å². The number of fused-ring (bicyclic) bond motifs is 1. The quantitative estimate of drug-likeness (QED) is 0.803. The van der Waals surface area contributed by atoms with Crippen molar-refractivity contribution in [3.8, 4) is 0 Å². The van der Waals surface area contributed by atoms with E-state index in [1.807, 2.05) is 0 Å². The summed E-state index contributed by atoms with van der Waals surface area (Å²) < 4.78 is 0. The Kier molecular flexibility index (Phi) is 3.42. The Morgan fingerprint density at radius 1 is 1.33 bits per heavy atom. The highest BCUT2D eigenvalue weighted by molar-refractivity contribution is 5.29. The third-order valence-electron chi connectivity index (χ3n) is 3.61. The summed E-state index contributed by atoms with van der Waals surface area (Å²) in [4.78, 5) is 0. The van der Waals surface area contributed by atoms with Crippen LogP contribution in [0.4, 0.5) is 0 Å². The molecule has 1 heteroatoms. The van der Waals surface area contributed by atoms with Gasteiger partial charge in [0.2, 0.25) is 0 Å². The summed E-state index contributed by atoms with van der Waals surface area (Å²) >= 11 is 0. The summed E-state index contributed by atoms with van der Waals surface area (Å²) in [7, 11) is 0.